The van der Waals surface area contributed by atoms with Crippen LogP contribution in [0, 0.1) is 0 Å². The molecule has 2 atom stereocenters. The van der Waals surface area contributed by atoms with Crippen molar-refractivity contribution < 1.29 is 0 Å². The first-order valence-corrected chi connectivity index (χ1v) is 7.78. The summed E-state index contributed by atoms with van der Waals surface area (Å²) in [5, 5.41) is 0. The van der Waals surface area contributed by atoms with E-state index >= 15 is 0 Å². The number of nitrogens with zero attached hydrogens (tertiary/aromatic N) is 1. The topological polar surface area (TPSA) is 29.3 Å². The number of hydrogen-bond acceptors (Lipinski definition) is 2. The molecule has 19 heavy (non-hydrogen) atoms. The number of rotatable bonds is 3. The maximum absolute atomic E-state index is 6.49. The van der Waals surface area contributed by atoms with Gasteiger partial charge in [-0.2, -0.15) is 0 Å². The summed E-state index contributed by atoms with van der Waals surface area (Å²) in [6, 6.07) is 10.3. The number of nitrogens with two attached hydrogens (primary N) is 1. The van der Waals surface area contributed by atoms with Crippen LogP contribution in [0.1, 0.15) is 62.6 Å². The van der Waals surface area contributed by atoms with Crippen LogP contribution < -0.4 is 5.73 Å². The van der Waals surface area contributed by atoms with Crippen LogP contribution in [0.5, 0.6) is 0 Å². The van der Waals surface area contributed by atoms with E-state index in [2.05, 4.69) is 43.0 Å². The minimum absolute atomic E-state index is 0.288. The van der Waals surface area contributed by atoms with Gasteiger partial charge in [0.05, 0.1) is 6.04 Å². The van der Waals surface area contributed by atoms with Gasteiger partial charge in [-0.1, -0.05) is 24.3 Å². The fourth-order valence-corrected chi connectivity index (χ4v) is 3.59. The molecule has 0 amide bonds. The van der Waals surface area contributed by atoms with Crippen molar-refractivity contribution in [2.75, 3.05) is 6.54 Å². The molecule has 1 saturated carbocycles. The third-order valence-corrected chi connectivity index (χ3v) is 4.71. The van der Waals surface area contributed by atoms with Crippen molar-refractivity contribution >= 4 is 0 Å². The summed E-state index contributed by atoms with van der Waals surface area (Å²) < 4.78 is 0. The van der Waals surface area contributed by atoms with E-state index < -0.39 is 0 Å². The third-order valence-electron chi connectivity index (χ3n) is 4.71. The second-order valence-corrected chi connectivity index (χ2v) is 6.49. The maximum Gasteiger partial charge on any atom is 0.0504 e. The van der Waals surface area contributed by atoms with E-state index in [1.165, 1.54) is 31.4 Å². The van der Waals surface area contributed by atoms with E-state index in [0.29, 0.717) is 12.1 Å². The van der Waals surface area contributed by atoms with Crippen LogP contribution >= 0.6 is 0 Å². The van der Waals surface area contributed by atoms with Crippen molar-refractivity contribution in [1.82, 2.24) is 4.90 Å². The summed E-state index contributed by atoms with van der Waals surface area (Å²) in [6.45, 7) is 5.78. The number of likely N-dealkylation sites (tertiary alicyclic amines) is 1. The highest BCUT2D eigenvalue weighted by Gasteiger charge is 2.35. The van der Waals surface area contributed by atoms with Crippen LogP contribution in [0.3, 0.4) is 0 Å². The SMILES string of the molecule is CC(C)N1CCCC(N)C1c1ccccc1C1CC1. The van der Waals surface area contributed by atoms with Gasteiger partial charge in [-0.25, -0.2) is 0 Å². The van der Waals surface area contributed by atoms with Gasteiger partial charge in [0.15, 0.2) is 0 Å². The Bertz CT molecular complexity index is 437. The van der Waals surface area contributed by atoms with Gasteiger partial charge >= 0.3 is 0 Å². The molecular formula is C17H26N2. The smallest absolute Gasteiger partial charge is 0.0504 e. The quantitative estimate of drug-likeness (QED) is 0.900. The Morgan fingerprint density at radius 2 is 1.79 bits per heavy atom. The van der Waals surface area contributed by atoms with Crippen molar-refractivity contribution in [3.05, 3.63) is 35.4 Å². The Labute approximate surface area is 117 Å². The first-order chi connectivity index (χ1) is 9.18. The largest absolute Gasteiger partial charge is 0.326 e. The molecule has 104 valence electrons. The standard InChI is InChI=1S/C17H26N2/c1-12(2)19-11-5-8-16(18)17(19)15-7-4-3-6-14(15)13-9-10-13/h3-4,6-7,12-13,16-17H,5,8-11,18H2,1-2H3. The number of benzene rings is 1. The second-order valence-electron chi connectivity index (χ2n) is 6.49. The van der Waals surface area contributed by atoms with Gasteiger partial charge in [-0.05, 0) is 63.1 Å². The molecule has 0 aromatic heterocycles. The fourth-order valence-electron chi connectivity index (χ4n) is 3.59. The van der Waals surface area contributed by atoms with Crippen LogP contribution in [0.15, 0.2) is 24.3 Å². The van der Waals surface area contributed by atoms with Gasteiger partial charge in [-0.3, -0.25) is 4.90 Å². The minimum Gasteiger partial charge on any atom is -0.326 e. The van der Waals surface area contributed by atoms with Gasteiger partial charge in [0.2, 0.25) is 0 Å². The molecule has 2 nitrogen and oxygen atoms in total. The average Bonchev–Trinajstić information content (AvgIpc) is 3.22. The Hall–Kier alpha value is -0.860. The molecule has 0 radical (unpaired) electrons. The monoisotopic (exact) mass is 258 g/mol. The van der Waals surface area contributed by atoms with Crippen molar-refractivity contribution in [2.45, 2.75) is 63.6 Å². The summed E-state index contributed by atoms with van der Waals surface area (Å²) >= 11 is 0. The molecule has 2 heteroatoms. The molecule has 1 aromatic carbocycles. The van der Waals surface area contributed by atoms with Crippen molar-refractivity contribution in [3.8, 4) is 0 Å². The lowest BCUT2D eigenvalue weighted by Crippen LogP contribution is -2.48. The van der Waals surface area contributed by atoms with E-state index in [-0.39, 0.29) is 6.04 Å². The summed E-state index contributed by atoms with van der Waals surface area (Å²) in [5.74, 6) is 0.805. The summed E-state index contributed by atoms with van der Waals surface area (Å²) in [4.78, 5) is 2.61. The zero-order valence-corrected chi connectivity index (χ0v) is 12.2. The summed E-state index contributed by atoms with van der Waals surface area (Å²) in [6.07, 6.45) is 5.12. The van der Waals surface area contributed by atoms with Crippen LogP contribution in [-0.4, -0.2) is 23.5 Å². The number of piperidine rings is 1. The Morgan fingerprint density at radius 1 is 1.11 bits per heavy atom. The van der Waals surface area contributed by atoms with E-state index in [1.54, 1.807) is 5.56 Å². The number of hydrogen-bond donors (Lipinski definition) is 1. The zero-order valence-electron chi connectivity index (χ0n) is 12.2. The van der Waals surface area contributed by atoms with Crippen molar-refractivity contribution in [2.24, 2.45) is 5.73 Å². The molecule has 2 fully saturated rings. The maximum atomic E-state index is 6.49. The highest BCUT2D eigenvalue weighted by Crippen LogP contribution is 2.45. The summed E-state index contributed by atoms with van der Waals surface area (Å²) in [7, 11) is 0. The molecule has 0 spiro atoms. The zero-order chi connectivity index (χ0) is 13.4. The minimum atomic E-state index is 0.288. The van der Waals surface area contributed by atoms with E-state index in [0.717, 1.165) is 12.3 Å². The van der Waals surface area contributed by atoms with Crippen LogP contribution in [-0.2, 0) is 0 Å². The average molecular weight is 258 g/mol. The molecule has 2 N–H and O–H groups in total. The van der Waals surface area contributed by atoms with Crippen molar-refractivity contribution in [3.63, 3.8) is 0 Å². The molecule has 0 bridgehead atoms. The molecule has 2 unspecified atom stereocenters. The highest BCUT2D eigenvalue weighted by atomic mass is 15.2. The lowest BCUT2D eigenvalue weighted by atomic mass is 9.86. The van der Waals surface area contributed by atoms with E-state index in [9.17, 15) is 0 Å². The third kappa shape index (κ3) is 2.56. The fraction of sp³-hybridized carbons (Fsp3) is 0.647. The second kappa shape index (κ2) is 5.26. The molecular weight excluding hydrogens is 232 g/mol. The van der Waals surface area contributed by atoms with Gasteiger partial charge in [0.1, 0.15) is 0 Å². The van der Waals surface area contributed by atoms with Crippen LogP contribution in [0.25, 0.3) is 0 Å². The van der Waals surface area contributed by atoms with Crippen molar-refractivity contribution in [1.29, 1.82) is 0 Å². The van der Waals surface area contributed by atoms with Gasteiger partial charge in [0, 0.05) is 12.1 Å². The molecule has 1 aromatic rings. The molecule has 3 rings (SSSR count). The predicted molar refractivity (Wildman–Crippen MR) is 80.2 cm³/mol. The van der Waals surface area contributed by atoms with Crippen LogP contribution in [0.4, 0.5) is 0 Å². The molecule has 2 aliphatic rings. The Kier molecular flexibility index (Phi) is 3.64. The summed E-state index contributed by atoms with van der Waals surface area (Å²) in [5.41, 5.74) is 9.56. The first kappa shape index (κ1) is 13.1. The van der Waals surface area contributed by atoms with E-state index in [4.69, 9.17) is 5.73 Å². The van der Waals surface area contributed by atoms with Gasteiger partial charge < -0.3 is 5.73 Å². The molecule has 1 saturated heterocycles. The van der Waals surface area contributed by atoms with Gasteiger partial charge in [-0.15, -0.1) is 0 Å². The van der Waals surface area contributed by atoms with E-state index in [1.807, 2.05) is 0 Å². The Morgan fingerprint density at radius 3 is 2.42 bits per heavy atom. The predicted octanol–water partition coefficient (Wildman–Crippen LogP) is 3.44. The lowest BCUT2D eigenvalue weighted by Gasteiger charge is -2.43. The van der Waals surface area contributed by atoms with Gasteiger partial charge in [0.25, 0.3) is 0 Å². The first-order valence-electron chi connectivity index (χ1n) is 7.78. The highest BCUT2D eigenvalue weighted by molar-refractivity contribution is 5.36. The Balaban J connectivity index is 1.97. The molecule has 1 aliphatic carbocycles. The molecule has 1 aliphatic heterocycles. The lowest BCUT2D eigenvalue weighted by molar-refractivity contribution is 0.0941. The molecule has 1 heterocycles. The normalized spacial score (nSPS) is 28.8. The van der Waals surface area contributed by atoms with Crippen LogP contribution in [0.2, 0.25) is 0 Å².